The first-order valence-electron chi connectivity index (χ1n) is 4.04. The minimum Gasteiger partial charge on any atom is -0.383 e. The molecule has 1 heterocycles. The normalized spacial score (nSPS) is 9.92. The van der Waals surface area contributed by atoms with Crippen molar-refractivity contribution in [2.45, 2.75) is 6.54 Å². The van der Waals surface area contributed by atoms with Gasteiger partial charge in [-0.1, -0.05) is 0 Å². The lowest BCUT2D eigenvalue weighted by molar-refractivity contribution is -0.121. The summed E-state index contributed by atoms with van der Waals surface area (Å²) >= 11 is 0. The van der Waals surface area contributed by atoms with Crippen LogP contribution in [0.4, 0.5) is 0 Å². The Bertz CT molecular complexity index is 246. The molecule has 1 rings (SSSR count). The summed E-state index contributed by atoms with van der Waals surface area (Å²) in [6, 6.07) is 0. The average Bonchev–Trinajstić information content (AvgIpc) is 2.57. The zero-order valence-electron chi connectivity index (χ0n) is 7.56. The van der Waals surface area contributed by atoms with Gasteiger partial charge >= 0.3 is 0 Å². The van der Waals surface area contributed by atoms with Gasteiger partial charge in [0.05, 0.1) is 12.9 Å². The SMILES string of the molecule is COCCNC(=O)Cn1ccnc1. The third-order valence-corrected chi connectivity index (χ3v) is 1.51. The molecule has 0 aliphatic carbocycles. The smallest absolute Gasteiger partial charge is 0.240 e. The molecule has 0 aliphatic rings. The van der Waals surface area contributed by atoms with Gasteiger partial charge < -0.3 is 14.6 Å². The number of carbonyl (C=O) groups excluding carboxylic acids is 1. The second-order valence-electron chi connectivity index (χ2n) is 2.58. The van der Waals surface area contributed by atoms with Crippen molar-refractivity contribution in [1.82, 2.24) is 14.9 Å². The Labute approximate surface area is 76.7 Å². The summed E-state index contributed by atoms with van der Waals surface area (Å²) in [6.45, 7) is 1.39. The van der Waals surface area contributed by atoms with Crippen LogP contribution in [0.3, 0.4) is 0 Å². The maximum absolute atomic E-state index is 11.2. The zero-order valence-corrected chi connectivity index (χ0v) is 7.56. The number of hydrogen-bond acceptors (Lipinski definition) is 3. The molecule has 0 bridgehead atoms. The molecule has 0 aromatic carbocycles. The molecule has 0 fully saturated rings. The standard InChI is InChI=1S/C8H13N3O2/c1-13-5-3-10-8(12)6-11-4-2-9-7-11/h2,4,7H,3,5-6H2,1H3,(H,10,12). The second kappa shape index (κ2) is 5.31. The van der Waals surface area contributed by atoms with Gasteiger partial charge in [-0.2, -0.15) is 0 Å². The largest absolute Gasteiger partial charge is 0.383 e. The molecule has 0 radical (unpaired) electrons. The molecule has 0 saturated carbocycles. The van der Waals surface area contributed by atoms with Crippen molar-refractivity contribution in [3.8, 4) is 0 Å². The van der Waals surface area contributed by atoms with E-state index in [1.165, 1.54) is 0 Å². The van der Waals surface area contributed by atoms with Gasteiger partial charge in [0.25, 0.3) is 0 Å². The van der Waals surface area contributed by atoms with Crippen molar-refractivity contribution in [2.24, 2.45) is 0 Å². The van der Waals surface area contributed by atoms with E-state index in [4.69, 9.17) is 4.74 Å². The lowest BCUT2D eigenvalue weighted by atomic mass is 10.5. The van der Waals surface area contributed by atoms with Gasteiger partial charge in [0, 0.05) is 26.0 Å². The van der Waals surface area contributed by atoms with Crippen LogP contribution in [0.5, 0.6) is 0 Å². The number of ether oxygens (including phenoxy) is 1. The summed E-state index contributed by atoms with van der Waals surface area (Å²) in [5.74, 6) is -0.0324. The predicted octanol–water partition coefficient (Wildman–Crippen LogP) is -0.354. The molecule has 1 amide bonds. The van der Waals surface area contributed by atoms with Crippen molar-refractivity contribution >= 4 is 5.91 Å². The topological polar surface area (TPSA) is 56.1 Å². The van der Waals surface area contributed by atoms with Crippen LogP contribution in [-0.4, -0.2) is 35.7 Å². The average molecular weight is 183 g/mol. The highest BCUT2D eigenvalue weighted by atomic mass is 16.5. The van der Waals surface area contributed by atoms with Crippen molar-refractivity contribution < 1.29 is 9.53 Å². The van der Waals surface area contributed by atoms with Crippen LogP contribution in [0.15, 0.2) is 18.7 Å². The molecule has 0 atom stereocenters. The molecule has 0 spiro atoms. The van der Waals surface area contributed by atoms with E-state index in [1.54, 1.807) is 30.4 Å². The molecule has 0 unspecified atom stereocenters. The lowest BCUT2D eigenvalue weighted by Gasteiger charge is -2.04. The number of amides is 1. The van der Waals surface area contributed by atoms with Crippen molar-refractivity contribution in [1.29, 1.82) is 0 Å². The van der Waals surface area contributed by atoms with Gasteiger partial charge in [-0.25, -0.2) is 4.98 Å². The van der Waals surface area contributed by atoms with Crippen LogP contribution in [0, 0.1) is 0 Å². The van der Waals surface area contributed by atoms with Gasteiger partial charge in [0.2, 0.25) is 5.91 Å². The van der Waals surface area contributed by atoms with E-state index in [9.17, 15) is 4.79 Å². The van der Waals surface area contributed by atoms with E-state index >= 15 is 0 Å². The number of hydrogen-bond donors (Lipinski definition) is 1. The molecule has 1 aromatic heterocycles. The summed E-state index contributed by atoms with van der Waals surface area (Å²) in [5.41, 5.74) is 0. The van der Waals surface area contributed by atoms with Crippen molar-refractivity contribution in [3.05, 3.63) is 18.7 Å². The number of methoxy groups -OCH3 is 1. The highest BCUT2D eigenvalue weighted by Gasteiger charge is 1.99. The number of carbonyl (C=O) groups is 1. The van der Waals surface area contributed by atoms with Crippen LogP contribution in [0.1, 0.15) is 0 Å². The first kappa shape index (κ1) is 9.73. The third-order valence-electron chi connectivity index (χ3n) is 1.51. The quantitative estimate of drug-likeness (QED) is 0.634. The maximum Gasteiger partial charge on any atom is 0.240 e. The first-order chi connectivity index (χ1) is 6.33. The van der Waals surface area contributed by atoms with Gasteiger partial charge in [0.1, 0.15) is 6.54 Å². The molecule has 13 heavy (non-hydrogen) atoms. The van der Waals surface area contributed by atoms with Gasteiger partial charge in [-0.3, -0.25) is 4.79 Å². The van der Waals surface area contributed by atoms with E-state index in [0.29, 0.717) is 19.7 Å². The third kappa shape index (κ3) is 3.71. The van der Waals surface area contributed by atoms with Crippen molar-refractivity contribution in [3.63, 3.8) is 0 Å². The number of rotatable bonds is 5. The summed E-state index contributed by atoms with van der Waals surface area (Å²) < 4.78 is 6.50. The lowest BCUT2D eigenvalue weighted by Crippen LogP contribution is -2.29. The molecular formula is C8H13N3O2. The fourth-order valence-electron chi connectivity index (χ4n) is 0.894. The van der Waals surface area contributed by atoms with Crippen LogP contribution in [0.2, 0.25) is 0 Å². The van der Waals surface area contributed by atoms with E-state index in [0.717, 1.165) is 0 Å². The van der Waals surface area contributed by atoms with Gasteiger partial charge in [0.15, 0.2) is 0 Å². The van der Waals surface area contributed by atoms with Crippen LogP contribution in [0.25, 0.3) is 0 Å². The minimum atomic E-state index is -0.0324. The molecule has 5 nitrogen and oxygen atoms in total. The number of nitrogens with zero attached hydrogens (tertiary/aromatic N) is 2. The minimum absolute atomic E-state index is 0.0324. The predicted molar refractivity (Wildman–Crippen MR) is 47.1 cm³/mol. The summed E-state index contributed by atoms with van der Waals surface area (Å²) in [5, 5.41) is 2.71. The maximum atomic E-state index is 11.2. The Morgan fingerprint density at radius 1 is 1.69 bits per heavy atom. The highest BCUT2D eigenvalue weighted by molar-refractivity contribution is 5.75. The van der Waals surface area contributed by atoms with E-state index in [1.807, 2.05) is 0 Å². The van der Waals surface area contributed by atoms with Crippen molar-refractivity contribution in [2.75, 3.05) is 20.3 Å². The number of nitrogens with one attached hydrogen (secondary N) is 1. The monoisotopic (exact) mass is 183 g/mol. The van der Waals surface area contributed by atoms with Crippen LogP contribution < -0.4 is 5.32 Å². The van der Waals surface area contributed by atoms with Crippen LogP contribution >= 0.6 is 0 Å². The Morgan fingerprint density at radius 3 is 3.15 bits per heavy atom. The van der Waals surface area contributed by atoms with Gasteiger partial charge in [-0.05, 0) is 0 Å². The van der Waals surface area contributed by atoms with Gasteiger partial charge in [-0.15, -0.1) is 0 Å². The Hall–Kier alpha value is -1.36. The van der Waals surface area contributed by atoms with E-state index in [2.05, 4.69) is 10.3 Å². The second-order valence-corrected chi connectivity index (χ2v) is 2.58. The summed E-state index contributed by atoms with van der Waals surface area (Å²) in [7, 11) is 1.60. The highest BCUT2D eigenvalue weighted by Crippen LogP contribution is 1.84. The molecule has 1 aromatic rings. The number of aromatic nitrogens is 2. The number of imidazole rings is 1. The first-order valence-corrected chi connectivity index (χ1v) is 4.04. The van der Waals surface area contributed by atoms with Crippen LogP contribution in [-0.2, 0) is 16.1 Å². The summed E-state index contributed by atoms with van der Waals surface area (Å²) in [4.78, 5) is 15.0. The molecular weight excluding hydrogens is 170 g/mol. The Kier molecular flexibility index (Phi) is 3.98. The fourth-order valence-corrected chi connectivity index (χ4v) is 0.894. The summed E-state index contributed by atoms with van der Waals surface area (Å²) in [6.07, 6.45) is 4.99. The van der Waals surface area contributed by atoms with E-state index < -0.39 is 0 Å². The fraction of sp³-hybridized carbons (Fsp3) is 0.500. The molecule has 5 heteroatoms. The zero-order chi connectivity index (χ0) is 9.52. The molecule has 0 saturated heterocycles. The molecule has 72 valence electrons. The molecule has 1 N–H and O–H groups in total. The Balaban J connectivity index is 2.18. The molecule has 0 aliphatic heterocycles. The van der Waals surface area contributed by atoms with E-state index in [-0.39, 0.29) is 5.91 Å². The Morgan fingerprint density at radius 2 is 2.54 bits per heavy atom.